The standard InChI is InChI=1S/C27H68N12/c1-26(2,33)25-38(21-13-35-14-22-39(18-10-32)27(3,4)5-6-28)24-23-37(17-9-31)20-12-34-11-19-36(15-7-29)16-8-30/h34-35H,5-25,28-33H2,1-4H3. The second kappa shape index (κ2) is 23.1. The van der Waals surface area contributed by atoms with E-state index in [0.717, 1.165) is 105 Å². The average molecular weight is 561 g/mol. The Morgan fingerprint density at radius 2 is 0.897 bits per heavy atom. The number of nitrogens with one attached hydrogen (secondary N) is 2. The summed E-state index contributed by atoms with van der Waals surface area (Å²) in [5.41, 5.74) is 35.3. The Kier molecular flexibility index (Phi) is 22.8. The van der Waals surface area contributed by atoms with Crippen molar-refractivity contribution >= 4 is 0 Å². The topological polar surface area (TPSA) is 193 Å². The summed E-state index contributed by atoms with van der Waals surface area (Å²) >= 11 is 0. The van der Waals surface area contributed by atoms with Crippen molar-refractivity contribution in [2.75, 3.05) is 131 Å². The molecule has 0 saturated carbocycles. The predicted octanol–water partition coefficient (Wildman–Crippen LogP) is -2.93. The summed E-state index contributed by atoms with van der Waals surface area (Å²) in [5.74, 6) is 0. The molecule has 0 amide bonds. The molecular weight excluding hydrogens is 492 g/mol. The minimum absolute atomic E-state index is 0.0566. The molecule has 0 atom stereocenters. The van der Waals surface area contributed by atoms with Crippen LogP contribution >= 0.6 is 0 Å². The predicted molar refractivity (Wildman–Crippen MR) is 169 cm³/mol. The van der Waals surface area contributed by atoms with Crippen LogP contribution in [0.15, 0.2) is 0 Å². The summed E-state index contributed by atoms with van der Waals surface area (Å²) in [5, 5.41) is 7.20. The number of hydrogen-bond acceptors (Lipinski definition) is 12. The first-order chi connectivity index (χ1) is 18.5. The van der Waals surface area contributed by atoms with Crippen LogP contribution in [0.1, 0.15) is 34.1 Å². The molecule has 0 saturated heterocycles. The third kappa shape index (κ3) is 21.0. The van der Waals surface area contributed by atoms with Gasteiger partial charge in [0.1, 0.15) is 0 Å². The van der Waals surface area contributed by atoms with Gasteiger partial charge in [-0.05, 0) is 40.7 Å². The molecule has 0 aromatic rings. The molecule has 0 aromatic carbocycles. The molecule has 0 aliphatic heterocycles. The van der Waals surface area contributed by atoms with E-state index in [-0.39, 0.29) is 11.1 Å². The van der Waals surface area contributed by atoms with Crippen molar-refractivity contribution in [2.45, 2.75) is 45.2 Å². The van der Waals surface area contributed by atoms with E-state index in [0.29, 0.717) is 32.7 Å². The molecule has 236 valence electrons. The Labute approximate surface area is 240 Å². The van der Waals surface area contributed by atoms with Crippen LogP contribution in [0.5, 0.6) is 0 Å². The average Bonchev–Trinajstić information content (AvgIpc) is 2.85. The van der Waals surface area contributed by atoms with Crippen molar-refractivity contribution in [3.05, 3.63) is 0 Å². The largest absolute Gasteiger partial charge is 0.330 e. The van der Waals surface area contributed by atoms with Gasteiger partial charge in [-0.2, -0.15) is 0 Å². The van der Waals surface area contributed by atoms with E-state index < -0.39 is 0 Å². The minimum Gasteiger partial charge on any atom is -0.330 e. The van der Waals surface area contributed by atoms with Gasteiger partial charge in [0.2, 0.25) is 0 Å². The van der Waals surface area contributed by atoms with Crippen molar-refractivity contribution in [3.8, 4) is 0 Å². The zero-order chi connectivity index (χ0) is 29.6. The van der Waals surface area contributed by atoms with E-state index in [9.17, 15) is 0 Å². The van der Waals surface area contributed by atoms with Crippen molar-refractivity contribution in [1.29, 1.82) is 0 Å². The van der Waals surface area contributed by atoms with Crippen molar-refractivity contribution < 1.29 is 0 Å². The molecule has 0 rings (SSSR count). The highest BCUT2D eigenvalue weighted by Gasteiger charge is 2.24. The molecule has 12 heteroatoms. The fraction of sp³-hybridized carbons (Fsp3) is 1.00. The quantitative estimate of drug-likeness (QED) is 0.0455. The molecule has 0 unspecified atom stereocenters. The summed E-state index contributed by atoms with van der Waals surface area (Å²) in [6.07, 6.45) is 0.961. The Hall–Kier alpha value is -0.480. The highest BCUT2D eigenvalue weighted by molar-refractivity contribution is 4.83. The lowest BCUT2D eigenvalue weighted by molar-refractivity contribution is 0.117. The Balaban J connectivity index is 4.61. The Bertz CT molecular complexity index is 537. The third-order valence-electron chi connectivity index (χ3n) is 7.08. The summed E-state index contributed by atoms with van der Waals surface area (Å²) in [6, 6.07) is 0. The van der Waals surface area contributed by atoms with Crippen molar-refractivity contribution in [1.82, 2.24) is 30.2 Å². The minimum atomic E-state index is -0.247. The maximum Gasteiger partial charge on any atom is 0.0226 e. The van der Waals surface area contributed by atoms with Gasteiger partial charge in [0, 0.05) is 135 Å². The molecule has 0 aliphatic rings. The van der Waals surface area contributed by atoms with Gasteiger partial charge in [-0.25, -0.2) is 0 Å². The molecule has 0 spiro atoms. The highest BCUT2D eigenvalue weighted by Crippen LogP contribution is 2.17. The van der Waals surface area contributed by atoms with Gasteiger partial charge in [-0.1, -0.05) is 0 Å². The first kappa shape index (κ1) is 38.5. The van der Waals surface area contributed by atoms with Crippen LogP contribution in [-0.4, -0.2) is 162 Å². The highest BCUT2D eigenvalue weighted by atomic mass is 15.2. The zero-order valence-corrected chi connectivity index (χ0v) is 26.1. The molecular formula is C27H68N12. The van der Waals surface area contributed by atoms with Gasteiger partial charge < -0.3 is 45.0 Å². The molecule has 0 aromatic heterocycles. The van der Waals surface area contributed by atoms with Gasteiger partial charge in [0.15, 0.2) is 0 Å². The molecule has 0 heterocycles. The monoisotopic (exact) mass is 561 g/mol. The number of nitrogens with two attached hydrogens (primary N) is 6. The van der Waals surface area contributed by atoms with Gasteiger partial charge in [0.05, 0.1) is 0 Å². The second-order valence-corrected chi connectivity index (χ2v) is 11.9. The van der Waals surface area contributed by atoms with Crippen LogP contribution in [0.25, 0.3) is 0 Å². The lowest BCUT2D eigenvalue weighted by Gasteiger charge is -2.38. The van der Waals surface area contributed by atoms with Gasteiger partial charge in [0.25, 0.3) is 0 Å². The van der Waals surface area contributed by atoms with Gasteiger partial charge in [-0.3, -0.25) is 19.6 Å². The SMILES string of the molecule is CC(C)(N)CN(CCNCCN(CCN)C(C)(C)CCN)CCN(CCN)CCNCCN(CCN)CCN. The molecule has 0 aliphatic carbocycles. The lowest BCUT2D eigenvalue weighted by atomic mass is 9.98. The van der Waals surface area contributed by atoms with Crippen LogP contribution in [0.4, 0.5) is 0 Å². The van der Waals surface area contributed by atoms with Crippen LogP contribution in [0.3, 0.4) is 0 Å². The first-order valence-electron chi connectivity index (χ1n) is 15.2. The maximum atomic E-state index is 6.41. The molecule has 14 N–H and O–H groups in total. The van der Waals surface area contributed by atoms with E-state index in [1.54, 1.807) is 0 Å². The maximum absolute atomic E-state index is 6.41. The van der Waals surface area contributed by atoms with Crippen LogP contribution < -0.4 is 45.0 Å². The van der Waals surface area contributed by atoms with E-state index in [2.05, 4.69) is 57.9 Å². The molecule has 0 fully saturated rings. The molecule has 12 nitrogen and oxygen atoms in total. The Morgan fingerprint density at radius 1 is 0.487 bits per heavy atom. The van der Waals surface area contributed by atoms with Gasteiger partial charge in [-0.15, -0.1) is 0 Å². The zero-order valence-electron chi connectivity index (χ0n) is 26.1. The third-order valence-corrected chi connectivity index (χ3v) is 7.08. The normalized spacial score (nSPS) is 13.1. The van der Waals surface area contributed by atoms with Crippen LogP contribution in [-0.2, 0) is 0 Å². The van der Waals surface area contributed by atoms with Crippen LogP contribution in [0.2, 0.25) is 0 Å². The number of rotatable bonds is 28. The number of hydrogen-bond donors (Lipinski definition) is 8. The molecule has 0 radical (unpaired) electrons. The van der Waals surface area contributed by atoms with Gasteiger partial charge >= 0.3 is 0 Å². The van der Waals surface area contributed by atoms with E-state index in [4.69, 9.17) is 34.4 Å². The molecule has 0 bridgehead atoms. The molecule has 39 heavy (non-hydrogen) atoms. The first-order valence-corrected chi connectivity index (χ1v) is 15.2. The smallest absolute Gasteiger partial charge is 0.0226 e. The van der Waals surface area contributed by atoms with E-state index in [1.165, 1.54) is 0 Å². The van der Waals surface area contributed by atoms with Crippen molar-refractivity contribution in [2.24, 2.45) is 34.4 Å². The van der Waals surface area contributed by atoms with Crippen molar-refractivity contribution in [3.63, 3.8) is 0 Å². The second-order valence-electron chi connectivity index (χ2n) is 11.9. The lowest BCUT2D eigenvalue weighted by Crippen LogP contribution is -2.51. The number of nitrogens with zero attached hydrogens (tertiary/aromatic N) is 4. The fourth-order valence-corrected chi connectivity index (χ4v) is 4.91. The summed E-state index contributed by atoms with van der Waals surface area (Å²) in [4.78, 5) is 9.67. The summed E-state index contributed by atoms with van der Waals surface area (Å²) in [6.45, 7) is 25.9. The fourth-order valence-electron chi connectivity index (χ4n) is 4.91. The van der Waals surface area contributed by atoms with E-state index >= 15 is 0 Å². The summed E-state index contributed by atoms with van der Waals surface area (Å²) in [7, 11) is 0. The Morgan fingerprint density at radius 3 is 1.33 bits per heavy atom. The summed E-state index contributed by atoms with van der Waals surface area (Å²) < 4.78 is 0. The van der Waals surface area contributed by atoms with Crippen LogP contribution in [0, 0.1) is 0 Å². The van der Waals surface area contributed by atoms with E-state index in [1.807, 2.05) is 0 Å².